The minimum absolute atomic E-state index is 0.0765. The highest BCUT2D eigenvalue weighted by Crippen LogP contribution is 2.21. The Labute approximate surface area is 136 Å². The lowest BCUT2D eigenvalue weighted by Gasteiger charge is -2.21. The zero-order chi connectivity index (χ0) is 16.0. The average molecular weight is 429 g/mol. The number of benzene rings is 1. The van der Waals surface area contributed by atoms with Crippen LogP contribution in [0.2, 0.25) is 0 Å². The third-order valence-electron chi connectivity index (χ3n) is 2.70. The van der Waals surface area contributed by atoms with Crippen LogP contribution in [0.25, 0.3) is 0 Å². The zero-order valence-electron chi connectivity index (χ0n) is 11.3. The number of rotatable bonds is 8. The predicted octanol–water partition coefficient (Wildman–Crippen LogP) is 0.619. The number of aromatic carboxylic acids is 1. The first-order valence-corrected chi connectivity index (χ1v) is 8.49. The van der Waals surface area contributed by atoms with E-state index in [0.717, 1.165) is 10.4 Å². The van der Waals surface area contributed by atoms with Gasteiger partial charge in [-0.1, -0.05) is 0 Å². The topological polar surface area (TPSA) is 104 Å². The van der Waals surface area contributed by atoms with Crippen molar-refractivity contribution in [1.82, 2.24) is 4.31 Å². The minimum Gasteiger partial charge on any atom is -0.478 e. The fourth-order valence-electron chi connectivity index (χ4n) is 1.63. The smallest absolute Gasteiger partial charge is 0.336 e. The van der Waals surface area contributed by atoms with E-state index in [1.54, 1.807) is 0 Å². The van der Waals surface area contributed by atoms with Gasteiger partial charge in [0, 0.05) is 23.8 Å². The number of aliphatic hydroxyl groups excluding tert-OH is 1. The fraction of sp³-hybridized carbons (Fsp3) is 0.417. The van der Waals surface area contributed by atoms with Crippen LogP contribution in [0.1, 0.15) is 10.4 Å². The summed E-state index contributed by atoms with van der Waals surface area (Å²) < 4.78 is 31.3. The molecule has 0 amide bonds. The molecule has 1 aromatic rings. The second kappa shape index (κ2) is 8.03. The molecule has 2 N–H and O–H groups in total. The Morgan fingerprint density at radius 2 is 2.05 bits per heavy atom. The SMILES string of the molecule is COCCN(CCO)S(=O)(=O)c1ccc(I)c(C(=O)O)c1. The molecular weight excluding hydrogens is 413 g/mol. The molecule has 0 atom stereocenters. The van der Waals surface area contributed by atoms with Gasteiger partial charge in [-0.25, -0.2) is 13.2 Å². The maximum absolute atomic E-state index is 12.5. The number of sulfonamides is 1. The van der Waals surface area contributed by atoms with Crippen LogP contribution in [0.4, 0.5) is 0 Å². The van der Waals surface area contributed by atoms with Crippen molar-refractivity contribution in [1.29, 1.82) is 0 Å². The number of carboxylic acid groups (broad SMARTS) is 1. The highest BCUT2D eigenvalue weighted by atomic mass is 127. The summed E-state index contributed by atoms with van der Waals surface area (Å²) in [7, 11) is -2.44. The summed E-state index contributed by atoms with van der Waals surface area (Å²) in [5.41, 5.74) is -0.0765. The zero-order valence-corrected chi connectivity index (χ0v) is 14.3. The fourth-order valence-corrected chi connectivity index (χ4v) is 3.64. The van der Waals surface area contributed by atoms with E-state index in [1.165, 1.54) is 19.2 Å². The van der Waals surface area contributed by atoms with Crippen LogP contribution in [0.5, 0.6) is 0 Å². The molecule has 0 radical (unpaired) electrons. The van der Waals surface area contributed by atoms with Crippen LogP contribution in [0, 0.1) is 3.57 Å². The predicted molar refractivity (Wildman–Crippen MR) is 83.8 cm³/mol. The summed E-state index contributed by atoms with van der Waals surface area (Å²) in [4.78, 5) is 11.0. The Kier molecular flexibility index (Phi) is 7.00. The largest absolute Gasteiger partial charge is 0.478 e. The number of aliphatic hydroxyl groups is 1. The second-order valence-corrected chi connectivity index (χ2v) is 7.17. The Morgan fingerprint density at radius 1 is 1.38 bits per heavy atom. The van der Waals surface area contributed by atoms with Crippen LogP contribution in [0.15, 0.2) is 23.1 Å². The van der Waals surface area contributed by atoms with Crippen molar-refractivity contribution < 1.29 is 28.2 Å². The monoisotopic (exact) mass is 429 g/mol. The first-order valence-electron chi connectivity index (χ1n) is 5.97. The highest BCUT2D eigenvalue weighted by Gasteiger charge is 2.25. The van der Waals surface area contributed by atoms with Gasteiger partial charge in [-0.05, 0) is 40.8 Å². The van der Waals surface area contributed by atoms with Gasteiger partial charge in [0.15, 0.2) is 0 Å². The van der Waals surface area contributed by atoms with Gasteiger partial charge < -0.3 is 14.9 Å². The maximum Gasteiger partial charge on any atom is 0.336 e. The molecule has 118 valence electrons. The van der Waals surface area contributed by atoms with E-state index < -0.39 is 16.0 Å². The summed E-state index contributed by atoms with van der Waals surface area (Å²) in [5.74, 6) is -1.19. The number of hydrogen-bond acceptors (Lipinski definition) is 5. The maximum atomic E-state index is 12.5. The normalized spacial score (nSPS) is 11.8. The Bertz CT molecular complexity index is 604. The molecular formula is C12H16INO6S. The van der Waals surface area contributed by atoms with Crippen LogP contribution in [0.3, 0.4) is 0 Å². The number of carboxylic acids is 1. The lowest BCUT2D eigenvalue weighted by Crippen LogP contribution is -2.36. The quantitative estimate of drug-likeness (QED) is 0.588. The van der Waals surface area contributed by atoms with Crippen molar-refractivity contribution in [2.24, 2.45) is 0 Å². The van der Waals surface area contributed by atoms with E-state index in [9.17, 15) is 13.2 Å². The van der Waals surface area contributed by atoms with Gasteiger partial charge in [0.1, 0.15) is 0 Å². The molecule has 9 heteroatoms. The number of nitrogens with zero attached hydrogens (tertiary/aromatic N) is 1. The molecule has 0 fully saturated rings. The van der Waals surface area contributed by atoms with Crippen molar-refractivity contribution in [3.05, 3.63) is 27.3 Å². The van der Waals surface area contributed by atoms with Gasteiger partial charge in [-0.2, -0.15) is 4.31 Å². The van der Waals surface area contributed by atoms with E-state index in [1.807, 2.05) is 22.6 Å². The molecule has 0 saturated heterocycles. The van der Waals surface area contributed by atoms with Crippen molar-refractivity contribution in [3.63, 3.8) is 0 Å². The molecule has 0 aliphatic heterocycles. The number of carbonyl (C=O) groups is 1. The molecule has 0 bridgehead atoms. The van der Waals surface area contributed by atoms with Crippen LogP contribution in [-0.4, -0.2) is 62.3 Å². The number of methoxy groups -OCH3 is 1. The van der Waals surface area contributed by atoms with E-state index >= 15 is 0 Å². The van der Waals surface area contributed by atoms with Gasteiger partial charge >= 0.3 is 5.97 Å². The van der Waals surface area contributed by atoms with E-state index in [0.29, 0.717) is 3.57 Å². The molecule has 0 saturated carbocycles. The van der Waals surface area contributed by atoms with Gasteiger partial charge in [0.05, 0.1) is 23.7 Å². The second-order valence-electron chi connectivity index (χ2n) is 4.07. The van der Waals surface area contributed by atoms with E-state index in [-0.39, 0.29) is 36.8 Å². The van der Waals surface area contributed by atoms with Crippen LogP contribution < -0.4 is 0 Å². The molecule has 0 unspecified atom stereocenters. The Morgan fingerprint density at radius 3 is 2.57 bits per heavy atom. The van der Waals surface area contributed by atoms with Crippen LogP contribution >= 0.6 is 22.6 Å². The van der Waals surface area contributed by atoms with Crippen molar-refractivity contribution in [2.45, 2.75) is 4.90 Å². The molecule has 0 spiro atoms. The summed E-state index contributed by atoms with van der Waals surface area (Å²) in [6.07, 6.45) is 0. The number of ether oxygens (including phenoxy) is 1. The average Bonchev–Trinajstić information content (AvgIpc) is 2.43. The molecule has 1 rings (SSSR count). The van der Waals surface area contributed by atoms with Gasteiger partial charge in [-0.15, -0.1) is 0 Å². The molecule has 1 aromatic carbocycles. The Balaban J connectivity index is 3.21. The highest BCUT2D eigenvalue weighted by molar-refractivity contribution is 14.1. The van der Waals surface area contributed by atoms with Crippen LogP contribution in [-0.2, 0) is 14.8 Å². The minimum atomic E-state index is -3.88. The van der Waals surface area contributed by atoms with Crippen molar-refractivity contribution in [3.8, 4) is 0 Å². The molecule has 0 aliphatic rings. The lowest BCUT2D eigenvalue weighted by molar-refractivity contribution is 0.0695. The van der Waals surface area contributed by atoms with E-state index in [2.05, 4.69) is 0 Å². The first kappa shape index (κ1) is 18.3. The molecule has 7 nitrogen and oxygen atoms in total. The molecule has 0 aromatic heterocycles. The Hall–Kier alpha value is -0.750. The lowest BCUT2D eigenvalue weighted by atomic mass is 10.2. The summed E-state index contributed by atoms with van der Waals surface area (Å²) >= 11 is 1.83. The summed E-state index contributed by atoms with van der Waals surface area (Å²) in [6.45, 7) is -0.164. The third-order valence-corrected chi connectivity index (χ3v) is 5.54. The molecule has 0 aliphatic carbocycles. The van der Waals surface area contributed by atoms with E-state index in [4.69, 9.17) is 14.9 Å². The van der Waals surface area contributed by atoms with Gasteiger partial charge in [-0.3, -0.25) is 0 Å². The first-order chi connectivity index (χ1) is 9.84. The van der Waals surface area contributed by atoms with Gasteiger partial charge in [0.25, 0.3) is 0 Å². The standard InChI is InChI=1S/C12H16INO6S/c1-20-7-5-14(4-6-15)21(18,19)9-2-3-11(13)10(8-9)12(16)17/h2-3,8,15H,4-7H2,1H3,(H,16,17). The summed E-state index contributed by atoms with van der Waals surface area (Å²) in [5, 5.41) is 18.1. The number of halogens is 1. The number of hydrogen-bond donors (Lipinski definition) is 2. The van der Waals surface area contributed by atoms with Crippen molar-refractivity contribution in [2.75, 3.05) is 33.4 Å². The molecule has 21 heavy (non-hydrogen) atoms. The van der Waals surface area contributed by atoms with Gasteiger partial charge in [0.2, 0.25) is 10.0 Å². The molecule has 0 heterocycles. The van der Waals surface area contributed by atoms with Crippen molar-refractivity contribution >= 4 is 38.6 Å². The third kappa shape index (κ3) is 4.61. The summed E-state index contributed by atoms with van der Waals surface area (Å²) in [6, 6.07) is 3.90.